The zero-order valence-corrected chi connectivity index (χ0v) is 20.9. The first-order valence-electron chi connectivity index (χ1n) is 13.0. The summed E-state index contributed by atoms with van der Waals surface area (Å²) in [5.74, 6) is 1.69. The van der Waals surface area contributed by atoms with Gasteiger partial charge in [-0.25, -0.2) is 0 Å². The predicted molar refractivity (Wildman–Crippen MR) is 157 cm³/mol. The van der Waals surface area contributed by atoms with Crippen LogP contribution in [-0.2, 0) is 13.2 Å². The molecule has 3 aliphatic heterocycles. The summed E-state index contributed by atoms with van der Waals surface area (Å²) in [6, 6.07) is 42.6. The predicted octanol–water partition coefficient (Wildman–Crippen LogP) is 9.30. The number of benzene rings is 6. The second-order valence-electron chi connectivity index (χ2n) is 9.71. The van der Waals surface area contributed by atoms with Crippen LogP contribution in [0.4, 0.5) is 0 Å². The quantitative estimate of drug-likeness (QED) is 0.211. The van der Waals surface area contributed by atoms with Crippen LogP contribution >= 0.6 is 0 Å². The van der Waals surface area contributed by atoms with Crippen molar-refractivity contribution in [1.82, 2.24) is 0 Å². The van der Waals surface area contributed by atoms with E-state index in [1.54, 1.807) is 0 Å². The fraction of sp³-hybridized carbons (Fsp3) is 0.0556. The first-order chi connectivity index (χ1) is 18.8. The van der Waals surface area contributed by atoms with Crippen LogP contribution in [0.1, 0.15) is 22.3 Å². The molecule has 182 valence electrons. The molecule has 0 aliphatic carbocycles. The standard InChI is InChI=1S/C36H26O2/c1-3-7-31-29(5-1)19-21-33-35(31)36-32-8-4-2-6-30(32)20-22-34(36)38-24-28-17-13-26(14-18-28)10-9-25-11-15-27(16-12-25)23-37-33/h1-22H,23-24H2/b10-9-. The molecule has 3 aliphatic rings. The first-order valence-corrected chi connectivity index (χ1v) is 13.0. The van der Waals surface area contributed by atoms with Gasteiger partial charge in [-0.1, -0.05) is 121 Å². The van der Waals surface area contributed by atoms with Crippen LogP contribution in [0.25, 0.3) is 44.8 Å². The molecule has 6 aromatic carbocycles. The van der Waals surface area contributed by atoms with Crippen molar-refractivity contribution in [2.24, 2.45) is 0 Å². The van der Waals surface area contributed by atoms with Crippen molar-refractivity contribution in [2.75, 3.05) is 0 Å². The van der Waals surface area contributed by atoms with Crippen LogP contribution in [0.2, 0.25) is 0 Å². The molecule has 2 heteroatoms. The fourth-order valence-corrected chi connectivity index (χ4v) is 5.22. The Morgan fingerprint density at radius 3 is 1.26 bits per heavy atom. The van der Waals surface area contributed by atoms with Crippen molar-refractivity contribution in [2.45, 2.75) is 13.2 Å². The third-order valence-electron chi connectivity index (χ3n) is 7.25. The van der Waals surface area contributed by atoms with Crippen LogP contribution in [0.3, 0.4) is 0 Å². The highest BCUT2D eigenvalue weighted by Gasteiger charge is 2.19. The van der Waals surface area contributed by atoms with E-state index in [2.05, 4.69) is 133 Å². The SMILES string of the molecule is C1=C\c2ccc(cc2)COc2ccc3ccccc3c2-c2c(ccc3ccccc23)OCc2ccc/1cc2. The zero-order valence-electron chi connectivity index (χ0n) is 20.9. The van der Waals surface area contributed by atoms with E-state index >= 15 is 0 Å². The molecule has 0 saturated heterocycles. The highest BCUT2D eigenvalue weighted by atomic mass is 16.5. The van der Waals surface area contributed by atoms with E-state index in [0.29, 0.717) is 13.2 Å². The van der Waals surface area contributed by atoms with Gasteiger partial charge in [-0.05, 0) is 55.9 Å². The van der Waals surface area contributed by atoms with E-state index in [4.69, 9.17) is 9.47 Å². The van der Waals surface area contributed by atoms with Gasteiger partial charge in [0.05, 0.1) is 0 Å². The van der Waals surface area contributed by atoms with Crippen molar-refractivity contribution in [3.8, 4) is 22.6 Å². The van der Waals surface area contributed by atoms with Gasteiger partial charge in [-0.2, -0.15) is 0 Å². The monoisotopic (exact) mass is 490 g/mol. The lowest BCUT2D eigenvalue weighted by Gasteiger charge is -2.20. The summed E-state index contributed by atoms with van der Waals surface area (Å²) in [6.45, 7) is 0.966. The molecule has 2 nitrogen and oxygen atoms in total. The Morgan fingerprint density at radius 2 is 0.816 bits per heavy atom. The van der Waals surface area contributed by atoms with Crippen molar-refractivity contribution < 1.29 is 9.47 Å². The Balaban J connectivity index is 1.48. The van der Waals surface area contributed by atoms with Gasteiger partial charge in [0.15, 0.2) is 0 Å². The lowest BCUT2D eigenvalue weighted by Crippen LogP contribution is -2.01. The number of fused-ring (bicyclic) bond motifs is 4. The van der Waals surface area contributed by atoms with Crippen LogP contribution < -0.4 is 9.47 Å². The maximum atomic E-state index is 6.57. The van der Waals surface area contributed by atoms with Gasteiger partial charge in [-0.3, -0.25) is 0 Å². The maximum Gasteiger partial charge on any atom is 0.128 e. The van der Waals surface area contributed by atoms with Crippen LogP contribution in [0, 0.1) is 0 Å². The third-order valence-corrected chi connectivity index (χ3v) is 7.25. The molecule has 0 saturated carbocycles. The topological polar surface area (TPSA) is 18.5 Å². The number of hydrogen-bond acceptors (Lipinski definition) is 2. The molecule has 0 unspecified atom stereocenters. The molecule has 0 amide bonds. The summed E-state index contributed by atoms with van der Waals surface area (Å²) in [7, 11) is 0. The molecular weight excluding hydrogens is 464 g/mol. The second-order valence-corrected chi connectivity index (χ2v) is 9.71. The summed E-state index contributed by atoms with van der Waals surface area (Å²) in [5.41, 5.74) is 6.70. The zero-order chi connectivity index (χ0) is 25.3. The van der Waals surface area contributed by atoms with E-state index in [-0.39, 0.29) is 0 Å². The van der Waals surface area contributed by atoms with Gasteiger partial charge in [0.25, 0.3) is 0 Å². The van der Waals surface area contributed by atoms with E-state index in [1.807, 2.05) is 0 Å². The highest BCUT2D eigenvalue weighted by Crippen LogP contribution is 2.45. The maximum absolute atomic E-state index is 6.57. The molecule has 0 N–H and O–H groups in total. The van der Waals surface area contributed by atoms with Crippen LogP contribution in [0.15, 0.2) is 121 Å². The highest BCUT2D eigenvalue weighted by molar-refractivity contribution is 6.09. The van der Waals surface area contributed by atoms with E-state index in [0.717, 1.165) is 55.7 Å². The molecule has 38 heavy (non-hydrogen) atoms. The normalized spacial score (nSPS) is 13.7. The molecule has 3 heterocycles. The van der Waals surface area contributed by atoms with Gasteiger partial charge < -0.3 is 9.47 Å². The van der Waals surface area contributed by atoms with Gasteiger partial charge in [0, 0.05) is 11.1 Å². The molecule has 0 spiro atoms. The molecular formula is C36H26O2. The van der Waals surface area contributed by atoms with Gasteiger partial charge in [0.2, 0.25) is 0 Å². The Kier molecular flexibility index (Phi) is 5.64. The molecule has 0 aromatic heterocycles. The van der Waals surface area contributed by atoms with Crippen LogP contribution in [-0.4, -0.2) is 0 Å². The minimum Gasteiger partial charge on any atom is -0.488 e. The summed E-state index contributed by atoms with van der Waals surface area (Å²) in [6.07, 6.45) is 4.28. The summed E-state index contributed by atoms with van der Waals surface area (Å²) >= 11 is 0. The third kappa shape index (κ3) is 4.21. The van der Waals surface area contributed by atoms with Crippen molar-refractivity contribution in [1.29, 1.82) is 0 Å². The Bertz CT molecular complexity index is 1660. The summed E-state index contributed by atoms with van der Waals surface area (Å²) in [4.78, 5) is 0. The number of ether oxygens (including phenoxy) is 2. The van der Waals surface area contributed by atoms with Crippen molar-refractivity contribution in [3.05, 3.63) is 144 Å². The average Bonchev–Trinajstić information content (AvgIpc) is 2.98. The molecule has 9 rings (SSSR count). The van der Waals surface area contributed by atoms with Crippen LogP contribution in [0.5, 0.6) is 11.5 Å². The lowest BCUT2D eigenvalue weighted by atomic mass is 9.92. The van der Waals surface area contributed by atoms with Gasteiger partial charge in [0.1, 0.15) is 24.7 Å². The van der Waals surface area contributed by atoms with E-state index < -0.39 is 0 Å². The summed E-state index contributed by atoms with van der Waals surface area (Å²) in [5, 5.41) is 4.63. The number of rotatable bonds is 0. The molecule has 4 bridgehead atoms. The molecule has 0 atom stereocenters. The van der Waals surface area contributed by atoms with E-state index in [1.165, 1.54) is 10.8 Å². The second kappa shape index (κ2) is 9.57. The number of hydrogen-bond donors (Lipinski definition) is 0. The largest absolute Gasteiger partial charge is 0.488 e. The first kappa shape index (κ1) is 22.4. The Labute approximate surface area is 222 Å². The average molecular weight is 491 g/mol. The van der Waals surface area contributed by atoms with Crippen molar-refractivity contribution in [3.63, 3.8) is 0 Å². The fourth-order valence-electron chi connectivity index (χ4n) is 5.22. The molecule has 0 fully saturated rings. The minimum atomic E-state index is 0.483. The van der Waals surface area contributed by atoms with Gasteiger partial charge >= 0.3 is 0 Å². The van der Waals surface area contributed by atoms with Gasteiger partial charge in [-0.15, -0.1) is 0 Å². The van der Waals surface area contributed by atoms with E-state index in [9.17, 15) is 0 Å². The summed E-state index contributed by atoms with van der Waals surface area (Å²) < 4.78 is 13.1. The lowest BCUT2D eigenvalue weighted by molar-refractivity contribution is 0.303. The smallest absolute Gasteiger partial charge is 0.128 e. The Morgan fingerprint density at radius 1 is 0.395 bits per heavy atom. The molecule has 6 aromatic rings. The minimum absolute atomic E-state index is 0.483. The van der Waals surface area contributed by atoms with Crippen molar-refractivity contribution >= 4 is 33.7 Å². The Hall–Kier alpha value is -4.82. The molecule has 0 radical (unpaired) electrons.